The summed E-state index contributed by atoms with van der Waals surface area (Å²) >= 11 is 6.11. The zero-order chi connectivity index (χ0) is 28.4. The molecule has 1 atom stereocenters. The summed E-state index contributed by atoms with van der Waals surface area (Å²) in [5.74, 6) is -1.52. The van der Waals surface area contributed by atoms with Crippen molar-refractivity contribution < 1.29 is 28.2 Å². The van der Waals surface area contributed by atoms with Crippen molar-refractivity contribution in [3.05, 3.63) is 82.5 Å². The van der Waals surface area contributed by atoms with Crippen LogP contribution in [-0.2, 0) is 0 Å². The summed E-state index contributed by atoms with van der Waals surface area (Å²) in [6, 6.07) is 11.6. The zero-order valence-electron chi connectivity index (χ0n) is 22.1. The van der Waals surface area contributed by atoms with Crippen molar-refractivity contribution in [1.82, 2.24) is 14.8 Å². The van der Waals surface area contributed by atoms with Crippen LogP contribution in [0.1, 0.15) is 46.9 Å². The van der Waals surface area contributed by atoms with Crippen LogP contribution in [0.3, 0.4) is 0 Å². The van der Waals surface area contributed by atoms with Gasteiger partial charge in [-0.3, -0.25) is 9.59 Å². The largest absolute Gasteiger partial charge is 0.477 e. The topological polar surface area (TPSA) is 83.0 Å². The van der Waals surface area contributed by atoms with E-state index in [1.54, 1.807) is 34.9 Å². The molecule has 1 spiro atoms. The first kappa shape index (κ1) is 28.0. The predicted octanol–water partition coefficient (Wildman–Crippen LogP) is 5.21. The number of hydrogen-bond acceptors (Lipinski definition) is 5. The monoisotopic (exact) mass is 569 g/mol. The second-order valence-corrected chi connectivity index (χ2v) is 10.8. The number of aliphatic hydroxyl groups is 1. The number of likely N-dealkylation sites (tertiary alicyclic amines) is 2. The summed E-state index contributed by atoms with van der Waals surface area (Å²) in [6.07, 6.45) is 2.12. The van der Waals surface area contributed by atoms with E-state index >= 15 is 4.39 Å². The molecule has 7 nitrogen and oxygen atoms in total. The van der Waals surface area contributed by atoms with Crippen LogP contribution in [0.4, 0.5) is 8.78 Å². The van der Waals surface area contributed by atoms with E-state index in [0.29, 0.717) is 68.2 Å². The first-order valence-electron chi connectivity index (χ1n) is 13.3. The van der Waals surface area contributed by atoms with Crippen LogP contribution in [0.25, 0.3) is 11.1 Å². The minimum absolute atomic E-state index is 0.0419. The highest BCUT2D eigenvalue weighted by Gasteiger charge is 2.47. The minimum atomic E-state index is -0.651. The van der Waals surface area contributed by atoms with Crippen LogP contribution >= 0.6 is 11.6 Å². The van der Waals surface area contributed by atoms with Crippen molar-refractivity contribution in [2.24, 2.45) is 5.41 Å². The highest BCUT2D eigenvalue weighted by molar-refractivity contribution is 6.30. The van der Waals surface area contributed by atoms with Crippen molar-refractivity contribution in [1.29, 1.82) is 0 Å². The second-order valence-electron chi connectivity index (χ2n) is 10.3. The van der Waals surface area contributed by atoms with E-state index in [9.17, 15) is 19.1 Å². The van der Waals surface area contributed by atoms with Gasteiger partial charge in [-0.25, -0.2) is 13.8 Å². The van der Waals surface area contributed by atoms with E-state index in [1.165, 1.54) is 36.5 Å². The Labute approximate surface area is 236 Å². The summed E-state index contributed by atoms with van der Waals surface area (Å²) < 4.78 is 33.8. The Balaban J connectivity index is 1.28. The maximum Gasteiger partial charge on any atom is 0.259 e. The molecule has 2 aliphatic heterocycles. The third kappa shape index (κ3) is 5.53. The molecule has 40 heavy (non-hydrogen) atoms. The normalized spacial score (nSPS) is 18.6. The lowest BCUT2D eigenvalue weighted by Crippen LogP contribution is -2.58. The first-order chi connectivity index (χ1) is 19.2. The standard InChI is InChI=1S/C30H30ClF2N3O4/c1-2-40-27-24(16-21(31)17-34-27)29(39)36-12-9-26(37)30(18-36)10-13-35(14-11-30)28(38)23-8-5-20(15-25(23)33)19-3-6-22(32)7-4-19/h3-8,15-17,26,37H,2,9-14,18H2,1H3. The molecule has 3 heterocycles. The second kappa shape index (κ2) is 11.5. The van der Waals surface area contributed by atoms with Gasteiger partial charge in [0, 0.05) is 37.8 Å². The van der Waals surface area contributed by atoms with Gasteiger partial charge in [0.2, 0.25) is 5.88 Å². The van der Waals surface area contributed by atoms with Crippen molar-refractivity contribution in [3.63, 3.8) is 0 Å². The molecule has 2 saturated heterocycles. The third-order valence-electron chi connectivity index (χ3n) is 7.93. The highest BCUT2D eigenvalue weighted by Crippen LogP contribution is 2.41. The van der Waals surface area contributed by atoms with E-state index < -0.39 is 23.2 Å². The molecule has 0 aliphatic carbocycles. The van der Waals surface area contributed by atoms with Crippen LogP contribution in [0.2, 0.25) is 5.02 Å². The molecular formula is C30H30ClF2N3O4. The van der Waals surface area contributed by atoms with Crippen molar-refractivity contribution in [2.75, 3.05) is 32.8 Å². The van der Waals surface area contributed by atoms with Crippen molar-refractivity contribution in [2.45, 2.75) is 32.3 Å². The number of hydrogen-bond donors (Lipinski definition) is 1. The number of carbonyl (C=O) groups excluding carboxylic acids is 2. The Morgan fingerprint density at radius 1 is 1.00 bits per heavy atom. The SMILES string of the molecule is CCOc1ncc(Cl)cc1C(=O)N1CCC(O)C2(CCN(C(=O)c3ccc(-c4ccc(F)cc4)cc3F)CC2)C1. The number of pyridine rings is 1. The molecule has 0 radical (unpaired) electrons. The quantitative estimate of drug-likeness (QED) is 0.456. The Kier molecular flexibility index (Phi) is 8.05. The third-order valence-corrected chi connectivity index (χ3v) is 8.13. The number of ether oxygens (including phenoxy) is 1. The van der Waals surface area contributed by atoms with Gasteiger partial charge in [-0.05, 0) is 67.6 Å². The fraction of sp³-hybridized carbons (Fsp3) is 0.367. The van der Waals surface area contributed by atoms with Crippen LogP contribution in [-0.4, -0.2) is 70.6 Å². The van der Waals surface area contributed by atoms with Gasteiger partial charge >= 0.3 is 0 Å². The minimum Gasteiger partial charge on any atom is -0.477 e. The molecule has 1 N–H and O–H groups in total. The number of aliphatic hydroxyl groups excluding tert-OH is 1. The van der Waals surface area contributed by atoms with E-state index in [0.717, 1.165) is 0 Å². The fourth-order valence-corrected chi connectivity index (χ4v) is 5.81. The Hall–Kier alpha value is -3.56. The summed E-state index contributed by atoms with van der Waals surface area (Å²) in [4.78, 5) is 34.1. The summed E-state index contributed by atoms with van der Waals surface area (Å²) in [5, 5.41) is 11.3. The number of halogens is 3. The first-order valence-corrected chi connectivity index (χ1v) is 13.7. The van der Waals surface area contributed by atoms with Crippen molar-refractivity contribution in [3.8, 4) is 17.0 Å². The zero-order valence-corrected chi connectivity index (χ0v) is 22.8. The molecule has 2 aromatic carbocycles. The molecule has 2 aliphatic rings. The van der Waals surface area contributed by atoms with Gasteiger partial charge in [0.15, 0.2) is 0 Å². The molecule has 1 unspecified atom stereocenters. The molecule has 2 amide bonds. The summed E-state index contributed by atoms with van der Waals surface area (Å²) in [5.41, 5.74) is 0.830. The molecule has 5 rings (SSSR count). The van der Waals surface area contributed by atoms with E-state index in [2.05, 4.69) is 4.98 Å². The molecule has 1 aromatic heterocycles. The lowest BCUT2D eigenvalue weighted by Gasteiger charge is -2.50. The van der Waals surface area contributed by atoms with Crippen LogP contribution in [0.15, 0.2) is 54.7 Å². The average Bonchev–Trinajstić information content (AvgIpc) is 2.96. The number of benzene rings is 2. The van der Waals surface area contributed by atoms with Gasteiger partial charge in [0.25, 0.3) is 11.8 Å². The molecule has 10 heteroatoms. The Morgan fingerprint density at radius 3 is 2.35 bits per heavy atom. The van der Waals surface area contributed by atoms with Gasteiger partial charge < -0.3 is 19.6 Å². The maximum atomic E-state index is 15.0. The molecular weight excluding hydrogens is 540 g/mol. The van der Waals surface area contributed by atoms with Crippen LogP contribution < -0.4 is 4.74 Å². The summed E-state index contributed by atoms with van der Waals surface area (Å²) in [6.45, 7) is 3.47. The molecule has 0 bridgehead atoms. The number of rotatable bonds is 5. The highest BCUT2D eigenvalue weighted by atomic mass is 35.5. The number of amides is 2. The fourth-order valence-electron chi connectivity index (χ4n) is 5.65. The van der Waals surface area contributed by atoms with Gasteiger partial charge in [-0.2, -0.15) is 0 Å². The van der Waals surface area contributed by atoms with E-state index in [4.69, 9.17) is 16.3 Å². The molecule has 0 saturated carbocycles. The van der Waals surface area contributed by atoms with E-state index in [-0.39, 0.29) is 28.7 Å². The number of nitrogens with zero attached hydrogens (tertiary/aromatic N) is 3. The summed E-state index contributed by atoms with van der Waals surface area (Å²) in [7, 11) is 0. The number of aromatic nitrogens is 1. The van der Waals surface area contributed by atoms with Crippen LogP contribution in [0, 0.1) is 17.0 Å². The lowest BCUT2D eigenvalue weighted by molar-refractivity contribution is -0.0677. The maximum absolute atomic E-state index is 15.0. The Morgan fingerprint density at radius 2 is 1.68 bits per heavy atom. The predicted molar refractivity (Wildman–Crippen MR) is 146 cm³/mol. The van der Waals surface area contributed by atoms with Gasteiger partial charge in [-0.1, -0.05) is 29.8 Å². The van der Waals surface area contributed by atoms with E-state index in [1.807, 2.05) is 0 Å². The van der Waals surface area contributed by atoms with Gasteiger partial charge in [-0.15, -0.1) is 0 Å². The van der Waals surface area contributed by atoms with Crippen molar-refractivity contribution >= 4 is 23.4 Å². The van der Waals surface area contributed by atoms with Gasteiger partial charge in [0.1, 0.15) is 17.2 Å². The smallest absolute Gasteiger partial charge is 0.259 e. The molecule has 3 aromatic rings. The lowest BCUT2D eigenvalue weighted by atomic mass is 9.70. The Bertz CT molecular complexity index is 1410. The number of carbonyl (C=O) groups is 2. The average molecular weight is 570 g/mol. The number of piperidine rings is 2. The molecule has 2 fully saturated rings. The van der Waals surface area contributed by atoms with Crippen LogP contribution in [0.5, 0.6) is 5.88 Å². The van der Waals surface area contributed by atoms with Gasteiger partial charge in [0.05, 0.1) is 23.3 Å². The molecule has 210 valence electrons.